The maximum atomic E-state index is 12.2. The molecule has 3 aromatic heterocycles. The quantitative estimate of drug-likeness (QED) is 0.536. The molecule has 1 aliphatic rings. The monoisotopic (exact) mass is 430 g/mol. The van der Waals surface area contributed by atoms with Crippen LogP contribution < -0.4 is 11.1 Å². The molecule has 3 aromatic rings. The third-order valence-corrected chi connectivity index (χ3v) is 6.04. The first-order valence-corrected chi connectivity index (χ1v) is 10.4. The van der Waals surface area contributed by atoms with Gasteiger partial charge in [-0.05, 0) is 24.3 Å². The molecular formula is C17H17ClF2N4OS2. The van der Waals surface area contributed by atoms with Gasteiger partial charge in [-0.25, -0.2) is 18.7 Å². The summed E-state index contributed by atoms with van der Waals surface area (Å²) in [6.07, 6.45) is 4.13. The molecule has 0 saturated heterocycles. The molecule has 0 unspecified atom stereocenters. The van der Waals surface area contributed by atoms with Crippen molar-refractivity contribution in [1.29, 1.82) is 0 Å². The molecule has 0 atom stereocenters. The van der Waals surface area contributed by atoms with Crippen molar-refractivity contribution in [1.82, 2.24) is 9.97 Å². The number of amides is 1. The number of nitrogens with one attached hydrogen (secondary N) is 1. The highest BCUT2D eigenvalue weighted by Gasteiger charge is 2.30. The van der Waals surface area contributed by atoms with Crippen molar-refractivity contribution in [3.8, 4) is 0 Å². The highest BCUT2D eigenvalue weighted by molar-refractivity contribution is 7.17. The number of rotatable bonds is 2. The summed E-state index contributed by atoms with van der Waals surface area (Å²) in [5.74, 6) is -2.31. The van der Waals surface area contributed by atoms with Gasteiger partial charge in [0.05, 0.1) is 17.4 Å². The number of fused-ring (bicyclic) bond motifs is 1. The molecule has 3 N–H and O–H groups in total. The van der Waals surface area contributed by atoms with E-state index in [0.29, 0.717) is 38.8 Å². The van der Waals surface area contributed by atoms with Crippen LogP contribution in [0.25, 0.3) is 10.3 Å². The van der Waals surface area contributed by atoms with Crippen LogP contribution in [0.5, 0.6) is 0 Å². The first kappa shape index (κ1) is 19.9. The number of hydrogen-bond acceptors (Lipinski definition) is 6. The Hall–Kier alpha value is -1.84. The lowest BCUT2D eigenvalue weighted by Crippen LogP contribution is -2.18. The van der Waals surface area contributed by atoms with E-state index in [9.17, 15) is 13.6 Å². The van der Waals surface area contributed by atoms with Crippen LogP contribution in [-0.4, -0.2) is 21.8 Å². The number of nitrogens with zero attached hydrogens (tertiary/aromatic N) is 2. The fourth-order valence-electron chi connectivity index (χ4n) is 2.63. The van der Waals surface area contributed by atoms with Crippen LogP contribution in [-0.2, 0) is 0 Å². The normalized spacial score (nSPS) is 15.8. The smallest absolute Gasteiger partial charge is 0.258 e. The Kier molecular flexibility index (Phi) is 6.23. The van der Waals surface area contributed by atoms with Gasteiger partial charge in [-0.2, -0.15) is 0 Å². The molecule has 27 heavy (non-hydrogen) atoms. The Balaban J connectivity index is 0.000000221. The summed E-state index contributed by atoms with van der Waals surface area (Å²) < 4.78 is 24.9. The van der Waals surface area contributed by atoms with Gasteiger partial charge in [0, 0.05) is 18.2 Å². The summed E-state index contributed by atoms with van der Waals surface area (Å²) in [6, 6.07) is 1.75. The van der Waals surface area contributed by atoms with Crippen molar-refractivity contribution in [3.05, 3.63) is 32.9 Å². The van der Waals surface area contributed by atoms with Crippen LogP contribution in [0.4, 0.5) is 20.3 Å². The van der Waals surface area contributed by atoms with Gasteiger partial charge in [-0.1, -0.05) is 18.0 Å². The zero-order valence-corrected chi connectivity index (χ0v) is 16.6. The largest absolute Gasteiger partial charge is 0.382 e. The van der Waals surface area contributed by atoms with Crippen molar-refractivity contribution in [3.63, 3.8) is 0 Å². The summed E-state index contributed by atoms with van der Waals surface area (Å²) >= 11 is 8.65. The molecule has 1 saturated carbocycles. The lowest BCUT2D eigenvalue weighted by molar-refractivity contribution is -0.0337. The maximum absolute atomic E-state index is 12.2. The van der Waals surface area contributed by atoms with Crippen LogP contribution in [0.2, 0.25) is 4.34 Å². The van der Waals surface area contributed by atoms with Crippen LogP contribution in [0.1, 0.15) is 42.5 Å². The number of anilines is 2. The fraction of sp³-hybridized carbons (Fsp3) is 0.353. The first-order chi connectivity index (χ1) is 12.9. The van der Waals surface area contributed by atoms with Crippen molar-refractivity contribution in [2.75, 3.05) is 11.1 Å². The molecular weight excluding hydrogens is 414 g/mol. The van der Waals surface area contributed by atoms with Crippen molar-refractivity contribution < 1.29 is 13.6 Å². The van der Waals surface area contributed by atoms with Gasteiger partial charge in [-0.15, -0.1) is 22.7 Å². The van der Waals surface area contributed by atoms with E-state index in [2.05, 4.69) is 15.3 Å². The van der Waals surface area contributed by atoms with E-state index in [1.807, 2.05) is 5.38 Å². The molecule has 0 aromatic carbocycles. The van der Waals surface area contributed by atoms with Gasteiger partial charge < -0.3 is 11.1 Å². The highest BCUT2D eigenvalue weighted by atomic mass is 35.5. The maximum Gasteiger partial charge on any atom is 0.258 e. The summed E-state index contributed by atoms with van der Waals surface area (Å²) in [4.78, 5) is 21.1. The molecule has 4 rings (SSSR count). The molecule has 1 fully saturated rings. The SMILES string of the molecule is FC1(F)CCCCC1.Nc1cnc2scc(C(=O)Nc3ccsc3Cl)c2n1. The van der Waals surface area contributed by atoms with Gasteiger partial charge in [0.25, 0.3) is 5.91 Å². The number of alkyl halides is 2. The van der Waals surface area contributed by atoms with E-state index in [4.69, 9.17) is 17.3 Å². The van der Waals surface area contributed by atoms with Gasteiger partial charge in [0.1, 0.15) is 20.5 Å². The Morgan fingerprint density at radius 1 is 1.26 bits per heavy atom. The van der Waals surface area contributed by atoms with Crippen molar-refractivity contribution in [2.45, 2.75) is 38.0 Å². The third-order valence-electron chi connectivity index (χ3n) is 4.00. The highest BCUT2D eigenvalue weighted by Crippen LogP contribution is 2.32. The van der Waals surface area contributed by atoms with Crippen LogP contribution in [0.3, 0.4) is 0 Å². The minimum Gasteiger partial charge on any atom is -0.382 e. The van der Waals surface area contributed by atoms with Crippen LogP contribution in [0, 0.1) is 0 Å². The zero-order valence-electron chi connectivity index (χ0n) is 14.2. The van der Waals surface area contributed by atoms with Crippen molar-refractivity contribution >= 4 is 62.0 Å². The lowest BCUT2D eigenvalue weighted by atomic mass is 9.97. The summed E-state index contributed by atoms with van der Waals surface area (Å²) in [5, 5.41) is 6.26. The van der Waals surface area contributed by atoms with Crippen LogP contribution >= 0.6 is 34.3 Å². The fourth-order valence-corrected chi connectivity index (χ4v) is 4.29. The Bertz CT molecular complexity index is 936. The molecule has 10 heteroatoms. The predicted octanol–water partition coefficient (Wildman–Crippen LogP) is 5.83. The first-order valence-electron chi connectivity index (χ1n) is 8.27. The minimum absolute atomic E-state index is 0.118. The van der Waals surface area contributed by atoms with E-state index >= 15 is 0 Å². The predicted molar refractivity (Wildman–Crippen MR) is 107 cm³/mol. The molecule has 5 nitrogen and oxygen atoms in total. The number of hydrogen-bond donors (Lipinski definition) is 2. The number of carbonyl (C=O) groups excluding carboxylic acids is 1. The van der Waals surface area contributed by atoms with E-state index in [0.717, 1.165) is 6.42 Å². The summed E-state index contributed by atoms with van der Waals surface area (Å²) in [5.41, 5.74) is 7.14. The van der Waals surface area contributed by atoms with E-state index < -0.39 is 5.92 Å². The summed E-state index contributed by atoms with van der Waals surface area (Å²) in [7, 11) is 0. The number of aromatic nitrogens is 2. The minimum atomic E-state index is -2.32. The number of carbonyl (C=O) groups is 1. The number of thiophene rings is 2. The van der Waals surface area contributed by atoms with Gasteiger partial charge in [0.15, 0.2) is 0 Å². The molecule has 3 heterocycles. The van der Waals surface area contributed by atoms with E-state index in [-0.39, 0.29) is 24.6 Å². The molecule has 0 spiro atoms. The lowest BCUT2D eigenvalue weighted by Gasteiger charge is -2.20. The Labute approximate surface area is 167 Å². The van der Waals surface area contributed by atoms with Gasteiger partial charge >= 0.3 is 0 Å². The summed E-state index contributed by atoms with van der Waals surface area (Å²) in [6.45, 7) is 0. The van der Waals surface area contributed by atoms with Crippen molar-refractivity contribution in [2.24, 2.45) is 0 Å². The van der Waals surface area contributed by atoms with Crippen LogP contribution in [0.15, 0.2) is 23.0 Å². The zero-order chi connectivity index (χ0) is 19.4. The third kappa shape index (κ3) is 5.12. The Morgan fingerprint density at radius 3 is 2.59 bits per heavy atom. The average molecular weight is 431 g/mol. The second-order valence-electron chi connectivity index (χ2n) is 6.08. The molecule has 0 aliphatic heterocycles. The molecule has 0 bridgehead atoms. The van der Waals surface area contributed by atoms with E-state index in [1.165, 1.54) is 28.9 Å². The number of nitrogen functional groups attached to an aromatic ring is 1. The van der Waals surface area contributed by atoms with E-state index in [1.54, 1.807) is 11.4 Å². The molecule has 1 amide bonds. The second kappa shape index (κ2) is 8.45. The molecule has 144 valence electrons. The topological polar surface area (TPSA) is 80.9 Å². The second-order valence-corrected chi connectivity index (χ2v) is 8.45. The molecule has 1 aliphatic carbocycles. The number of nitrogens with two attached hydrogens (primary N) is 1. The molecule has 0 radical (unpaired) electrons. The average Bonchev–Trinajstić information content (AvgIpc) is 3.21. The van der Waals surface area contributed by atoms with Gasteiger partial charge in [0.2, 0.25) is 5.92 Å². The Morgan fingerprint density at radius 2 is 2.00 bits per heavy atom. The van der Waals surface area contributed by atoms with Gasteiger partial charge in [-0.3, -0.25) is 4.79 Å². The standard InChI is InChI=1S/C11H7ClN4OS2.C6H10F2/c12-9-6(1-2-18-9)15-10(17)5-4-19-11-8(5)16-7(13)3-14-11;7-6(8)4-2-1-3-5-6/h1-4H,(H2,13,16)(H,15,17);1-5H2. The number of halogens is 3.